The monoisotopic (exact) mass is 168 g/mol. The van der Waals surface area contributed by atoms with Gasteiger partial charge in [-0.1, -0.05) is 12.7 Å². The van der Waals surface area contributed by atoms with E-state index in [1.807, 2.05) is 0 Å². The van der Waals surface area contributed by atoms with Gasteiger partial charge in [-0.15, -0.1) is 0 Å². The van der Waals surface area contributed by atoms with Gasteiger partial charge in [0.15, 0.2) is 11.5 Å². The van der Waals surface area contributed by atoms with Crippen molar-refractivity contribution in [3.8, 4) is 23.0 Å². The summed E-state index contributed by atoms with van der Waals surface area (Å²) in [5.41, 5.74) is 0.155. The Morgan fingerprint density at radius 1 is 1.00 bits per heavy atom. The van der Waals surface area contributed by atoms with Gasteiger partial charge in [0.1, 0.15) is 0 Å². The molecule has 0 saturated heterocycles. The normalized spacial score (nSPS) is 9.67. The molecule has 4 nitrogen and oxygen atoms in total. The Hall–Kier alpha value is -1.84. The minimum atomic E-state index is -0.745. The molecule has 0 amide bonds. The molecule has 12 heavy (non-hydrogen) atoms. The Morgan fingerprint density at radius 2 is 1.58 bits per heavy atom. The van der Waals surface area contributed by atoms with E-state index in [0.717, 1.165) is 6.07 Å². The van der Waals surface area contributed by atoms with Crippen molar-refractivity contribution >= 4 is 6.08 Å². The molecule has 4 N–H and O–H groups in total. The molecule has 0 aliphatic heterocycles. The van der Waals surface area contributed by atoms with Crippen molar-refractivity contribution in [1.29, 1.82) is 0 Å². The summed E-state index contributed by atoms with van der Waals surface area (Å²) in [5.74, 6) is -2.48. The van der Waals surface area contributed by atoms with E-state index < -0.39 is 23.0 Å². The molecular formula is C8H8O4. The summed E-state index contributed by atoms with van der Waals surface area (Å²) < 4.78 is 0. The maximum absolute atomic E-state index is 9.11. The lowest BCUT2D eigenvalue weighted by atomic mass is 10.1. The molecule has 1 aromatic carbocycles. The summed E-state index contributed by atoms with van der Waals surface area (Å²) in [6.07, 6.45) is 1.24. The summed E-state index contributed by atoms with van der Waals surface area (Å²) in [5, 5.41) is 36.0. The third-order valence-corrected chi connectivity index (χ3v) is 1.48. The van der Waals surface area contributed by atoms with Crippen LogP contribution in [0.5, 0.6) is 23.0 Å². The van der Waals surface area contributed by atoms with Crippen LogP contribution in [0.1, 0.15) is 5.56 Å². The third-order valence-electron chi connectivity index (χ3n) is 1.48. The summed E-state index contributed by atoms with van der Waals surface area (Å²) >= 11 is 0. The molecule has 1 rings (SSSR count). The van der Waals surface area contributed by atoms with E-state index in [0.29, 0.717) is 0 Å². The number of rotatable bonds is 1. The molecule has 0 radical (unpaired) electrons. The van der Waals surface area contributed by atoms with E-state index in [2.05, 4.69) is 6.58 Å². The fraction of sp³-hybridized carbons (Fsp3) is 0. The lowest BCUT2D eigenvalue weighted by molar-refractivity contribution is 0.345. The average Bonchev–Trinajstić information content (AvgIpc) is 2.08. The van der Waals surface area contributed by atoms with Crippen LogP contribution in [-0.4, -0.2) is 20.4 Å². The van der Waals surface area contributed by atoms with Gasteiger partial charge in [-0.05, 0) is 6.07 Å². The highest BCUT2D eigenvalue weighted by Gasteiger charge is 2.13. The standard InChI is InChI=1S/C8H8O4/c1-2-4-3-5(9)7(11)8(12)6(4)10/h2-3,9-12H,1H2. The molecule has 0 unspecified atom stereocenters. The fourth-order valence-corrected chi connectivity index (χ4v) is 0.810. The Bertz CT molecular complexity index is 330. The largest absolute Gasteiger partial charge is 0.504 e. The molecule has 4 heteroatoms. The number of phenols is 4. The Labute approximate surface area is 68.6 Å². The summed E-state index contributed by atoms with van der Waals surface area (Å²) in [7, 11) is 0. The highest BCUT2D eigenvalue weighted by molar-refractivity contribution is 5.68. The van der Waals surface area contributed by atoms with Gasteiger partial charge in [0.25, 0.3) is 0 Å². The summed E-state index contributed by atoms with van der Waals surface area (Å²) in [6.45, 7) is 3.34. The van der Waals surface area contributed by atoms with Crippen LogP contribution >= 0.6 is 0 Å². The lowest BCUT2D eigenvalue weighted by Crippen LogP contribution is -1.78. The van der Waals surface area contributed by atoms with Crippen molar-refractivity contribution in [1.82, 2.24) is 0 Å². The van der Waals surface area contributed by atoms with Crippen molar-refractivity contribution in [2.75, 3.05) is 0 Å². The van der Waals surface area contributed by atoms with Crippen LogP contribution in [0.2, 0.25) is 0 Å². The van der Waals surface area contributed by atoms with Gasteiger partial charge in [0.2, 0.25) is 11.5 Å². The predicted octanol–water partition coefficient (Wildman–Crippen LogP) is 1.15. The highest BCUT2D eigenvalue weighted by Crippen LogP contribution is 2.43. The van der Waals surface area contributed by atoms with E-state index in [1.165, 1.54) is 6.08 Å². The zero-order chi connectivity index (χ0) is 9.30. The van der Waals surface area contributed by atoms with Gasteiger partial charge < -0.3 is 20.4 Å². The van der Waals surface area contributed by atoms with Crippen LogP contribution in [0.3, 0.4) is 0 Å². The molecule has 64 valence electrons. The first-order chi connectivity index (χ1) is 5.57. The number of phenolic OH excluding ortho intramolecular Hbond substituents is 4. The predicted molar refractivity (Wildman–Crippen MR) is 43.2 cm³/mol. The first-order valence-corrected chi connectivity index (χ1v) is 3.17. The first kappa shape index (κ1) is 8.26. The van der Waals surface area contributed by atoms with E-state index in [1.54, 1.807) is 0 Å². The number of aromatic hydroxyl groups is 4. The molecule has 0 atom stereocenters. The van der Waals surface area contributed by atoms with Crippen LogP contribution < -0.4 is 0 Å². The van der Waals surface area contributed by atoms with E-state index >= 15 is 0 Å². The molecule has 0 aromatic heterocycles. The summed E-state index contributed by atoms with van der Waals surface area (Å²) in [6, 6.07) is 1.09. The van der Waals surface area contributed by atoms with Crippen LogP contribution in [0.15, 0.2) is 12.6 Å². The molecule has 0 aliphatic rings. The molecule has 0 fully saturated rings. The van der Waals surface area contributed by atoms with E-state index in [9.17, 15) is 0 Å². The fourth-order valence-electron chi connectivity index (χ4n) is 0.810. The Morgan fingerprint density at radius 3 is 2.08 bits per heavy atom. The molecular weight excluding hydrogens is 160 g/mol. The lowest BCUT2D eigenvalue weighted by Gasteiger charge is -2.05. The first-order valence-electron chi connectivity index (χ1n) is 3.17. The maximum atomic E-state index is 9.11. The smallest absolute Gasteiger partial charge is 0.204 e. The zero-order valence-electron chi connectivity index (χ0n) is 6.15. The van der Waals surface area contributed by atoms with Gasteiger partial charge in [-0.25, -0.2) is 0 Å². The van der Waals surface area contributed by atoms with Gasteiger partial charge in [0.05, 0.1) is 0 Å². The SMILES string of the molecule is C=Cc1cc(O)c(O)c(O)c1O. The van der Waals surface area contributed by atoms with Crippen LogP contribution in [0.4, 0.5) is 0 Å². The van der Waals surface area contributed by atoms with Crippen LogP contribution in [0.25, 0.3) is 6.08 Å². The number of hydrogen-bond acceptors (Lipinski definition) is 4. The van der Waals surface area contributed by atoms with Crippen molar-refractivity contribution in [3.05, 3.63) is 18.2 Å². The molecule has 1 aromatic rings. The Kier molecular flexibility index (Phi) is 1.83. The quantitative estimate of drug-likeness (QED) is 0.374. The van der Waals surface area contributed by atoms with E-state index in [4.69, 9.17) is 20.4 Å². The minimum Gasteiger partial charge on any atom is -0.504 e. The van der Waals surface area contributed by atoms with Gasteiger partial charge in [-0.2, -0.15) is 0 Å². The summed E-state index contributed by atoms with van der Waals surface area (Å²) in [4.78, 5) is 0. The van der Waals surface area contributed by atoms with Crippen LogP contribution in [0, 0.1) is 0 Å². The van der Waals surface area contributed by atoms with Crippen molar-refractivity contribution < 1.29 is 20.4 Å². The average molecular weight is 168 g/mol. The van der Waals surface area contributed by atoms with E-state index in [-0.39, 0.29) is 5.56 Å². The molecule has 0 spiro atoms. The van der Waals surface area contributed by atoms with Gasteiger partial charge >= 0.3 is 0 Å². The zero-order valence-corrected chi connectivity index (χ0v) is 6.15. The number of hydrogen-bond donors (Lipinski definition) is 4. The topological polar surface area (TPSA) is 80.9 Å². The van der Waals surface area contributed by atoms with Crippen molar-refractivity contribution in [2.45, 2.75) is 0 Å². The van der Waals surface area contributed by atoms with Gasteiger partial charge in [0, 0.05) is 5.56 Å². The number of benzene rings is 1. The molecule has 0 heterocycles. The highest BCUT2D eigenvalue weighted by atomic mass is 16.3. The second-order valence-corrected chi connectivity index (χ2v) is 2.23. The Balaban J connectivity index is 3.49. The van der Waals surface area contributed by atoms with Gasteiger partial charge in [-0.3, -0.25) is 0 Å². The minimum absolute atomic E-state index is 0.155. The third kappa shape index (κ3) is 1.03. The van der Waals surface area contributed by atoms with Crippen molar-refractivity contribution in [2.24, 2.45) is 0 Å². The molecule has 0 saturated carbocycles. The maximum Gasteiger partial charge on any atom is 0.204 e. The molecule has 0 aliphatic carbocycles. The van der Waals surface area contributed by atoms with Crippen molar-refractivity contribution in [3.63, 3.8) is 0 Å². The molecule has 0 bridgehead atoms. The second kappa shape index (κ2) is 2.65. The second-order valence-electron chi connectivity index (χ2n) is 2.23. The van der Waals surface area contributed by atoms with Crippen LogP contribution in [-0.2, 0) is 0 Å².